The third-order valence-electron chi connectivity index (χ3n) is 3.03. The van der Waals surface area contributed by atoms with Crippen LogP contribution in [-0.4, -0.2) is 23.5 Å². The molecule has 2 aromatic carbocycles. The second-order valence-electron chi connectivity index (χ2n) is 4.47. The molecule has 0 saturated heterocycles. The molecule has 1 amide bonds. The zero-order valence-electron chi connectivity index (χ0n) is 11.2. The number of benzene rings is 2. The Bertz CT molecular complexity index is 640. The molecule has 0 fully saturated rings. The van der Waals surface area contributed by atoms with Crippen molar-refractivity contribution in [1.29, 1.82) is 0 Å². The third-order valence-corrected chi connectivity index (χ3v) is 3.03. The topological polar surface area (TPSA) is 89.5 Å². The van der Waals surface area contributed by atoms with E-state index in [4.69, 9.17) is 0 Å². The van der Waals surface area contributed by atoms with Gasteiger partial charge in [-0.2, -0.15) is 0 Å². The van der Waals surface area contributed by atoms with Gasteiger partial charge in [-0.3, -0.25) is 4.79 Å². The second-order valence-corrected chi connectivity index (χ2v) is 4.47. The van der Waals surface area contributed by atoms with Crippen LogP contribution in [0.3, 0.4) is 0 Å². The third kappa shape index (κ3) is 3.67. The molecule has 2 N–H and O–H groups in total. The van der Waals surface area contributed by atoms with Gasteiger partial charge in [0, 0.05) is 17.7 Å². The molecular formula is C16H14NO4-. The van der Waals surface area contributed by atoms with E-state index < -0.39 is 18.0 Å². The minimum Gasteiger partial charge on any atom is -0.545 e. The lowest BCUT2D eigenvalue weighted by atomic mass is 10.1. The number of aliphatic hydroxyl groups excluding tert-OH is 1. The van der Waals surface area contributed by atoms with Crippen molar-refractivity contribution in [3.63, 3.8) is 0 Å². The molecule has 2 rings (SSSR count). The lowest BCUT2D eigenvalue weighted by Crippen LogP contribution is -2.32. The van der Waals surface area contributed by atoms with Gasteiger partial charge < -0.3 is 20.3 Å². The van der Waals surface area contributed by atoms with Gasteiger partial charge in [-0.15, -0.1) is 0 Å². The predicted molar refractivity (Wildman–Crippen MR) is 74.5 cm³/mol. The van der Waals surface area contributed by atoms with E-state index >= 15 is 0 Å². The van der Waals surface area contributed by atoms with Gasteiger partial charge in [0.05, 0.1) is 12.1 Å². The molecule has 0 unspecified atom stereocenters. The van der Waals surface area contributed by atoms with Crippen LogP contribution in [-0.2, 0) is 0 Å². The van der Waals surface area contributed by atoms with Crippen LogP contribution in [0.25, 0.3) is 0 Å². The molecule has 0 aliphatic heterocycles. The molecule has 5 nitrogen and oxygen atoms in total. The first-order valence-corrected chi connectivity index (χ1v) is 6.41. The van der Waals surface area contributed by atoms with Crippen molar-refractivity contribution in [1.82, 2.24) is 5.32 Å². The maximum absolute atomic E-state index is 12.0. The number of carbonyl (C=O) groups excluding carboxylic acids is 2. The maximum atomic E-state index is 12.0. The number of hydrogen-bond acceptors (Lipinski definition) is 4. The number of carboxylic acid groups (broad SMARTS) is 1. The Morgan fingerprint density at radius 2 is 1.57 bits per heavy atom. The average Bonchev–Trinajstić information content (AvgIpc) is 2.53. The zero-order valence-corrected chi connectivity index (χ0v) is 11.2. The SMILES string of the molecule is O=C([O-])c1ccccc1C(=O)NC[C@@H](O)c1ccccc1. The van der Waals surface area contributed by atoms with Crippen LogP contribution in [0.2, 0.25) is 0 Å². The van der Waals surface area contributed by atoms with Crippen LogP contribution in [0.15, 0.2) is 54.6 Å². The van der Waals surface area contributed by atoms with E-state index in [1.54, 1.807) is 30.3 Å². The van der Waals surface area contributed by atoms with E-state index in [9.17, 15) is 19.8 Å². The van der Waals surface area contributed by atoms with E-state index in [-0.39, 0.29) is 17.7 Å². The molecule has 21 heavy (non-hydrogen) atoms. The van der Waals surface area contributed by atoms with Crippen molar-refractivity contribution < 1.29 is 19.8 Å². The fourth-order valence-corrected chi connectivity index (χ4v) is 1.94. The summed E-state index contributed by atoms with van der Waals surface area (Å²) in [4.78, 5) is 22.9. The summed E-state index contributed by atoms with van der Waals surface area (Å²) in [6, 6.07) is 14.7. The summed E-state index contributed by atoms with van der Waals surface area (Å²) in [5.74, 6) is -1.98. The van der Waals surface area contributed by atoms with Crippen molar-refractivity contribution in [2.45, 2.75) is 6.10 Å². The van der Waals surface area contributed by atoms with Gasteiger partial charge in [0.2, 0.25) is 0 Å². The van der Waals surface area contributed by atoms with Gasteiger partial charge in [-0.1, -0.05) is 48.5 Å². The van der Waals surface area contributed by atoms with Crippen molar-refractivity contribution in [2.75, 3.05) is 6.54 Å². The minimum absolute atomic E-state index is 0.00969. The monoisotopic (exact) mass is 284 g/mol. The minimum atomic E-state index is -1.41. The van der Waals surface area contributed by atoms with Crippen LogP contribution in [0, 0.1) is 0 Å². The Morgan fingerprint density at radius 1 is 1.00 bits per heavy atom. The molecule has 2 aromatic rings. The summed E-state index contributed by atoms with van der Waals surface area (Å²) in [5, 5.41) is 23.4. The number of aliphatic hydroxyl groups is 1. The Kier molecular flexibility index (Phi) is 4.68. The number of aromatic carboxylic acids is 1. The molecule has 0 aromatic heterocycles. The normalized spacial score (nSPS) is 11.7. The molecule has 0 heterocycles. The van der Waals surface area contributed by atoms with E-state index in [0.29, 0.717) is 5.56 Å². The molecule has 0 aliphatic rings. The van der Waals surface area contributed by atoms with E-state index in [1.807, 2.05) is 6.07 Å². The van der Waals surface area contributed by atoms with Crippen LogP contribution < -0.4 is 10.4 Å². The number of amides is 1. The highest BCUT2D eigenvalue weighted by Gasteiger charge is 2.13. The second kappa shape index (κ2) is 6.67. The Morgan fingerprint density at radius 3 is 2.19 bits per heavy atom. The van der Waals surface area contributed by atoms with Gasteiger partial charge in [-0.05, 0) is 11.6 Å². The van der Waals surface area contributed by atoms with Crippen LogP contribution >= 0.6 is 0 Å². The Balaban J connectivity index is 2.04. The summed E-state index contributed by atoms with van der Waals surface area (Å²) in [7, 11) is 0. The van der Waals surface area contributed by atoms with E-state index in [2.05, 4.69) is 5.32 Å². The maximum Gasteiger partial charge on any atom is 0.252 e. The highest BCUT2D eigenvalue weighted by Crippen LogP contribution is 2.12. The Labute approximate surface area is 121 Å². The largest absolute Gasteiger partial charge is 0.545 e. The number of nitrogens with one attached hydrogen (secondary N) is 1. The molecular weight excluding hydrogens is 270 g/mol. The van der Waals surface area contributed by atoms with Gasteiger partial charge in [-0.25, -0.2) is 0 Å². The number of carboxylic acids is 1. The first-order valence-electron chi connectivity index (χ1n) is 6.41. The lowest BCUT2D eigenvalue weighted by Gasteiger charge is -2.14. The van der Waals surface area contributed by atoms with Crippen molar-refractivity contribution in [2.24, 2.45) is 0 Å². The summed E-state index contributed by atoms with van der Waals surface area (Å²) in [5.41, 5.74) is 0.507. The standard InChI is InChI=1S/C16H15NO4/c18-14(11-6-2-1-3-7-11)10-17-15(19)12-8-4-5-9-13(12)16(20)21/h1-9,14,18H,10H2,(H,17,19)(H,20,21)/p-1/t14-/m1/s1. The zero-order chi connectivity index (χ0) is 15.2. The van der Waals surface area contributed by atoms with Crippen LogP contribution in [0.1, 0.15) is 32.4 Å². The summed E-state index contributed by atoms with van der Waals surface area (Å²) in [6.07, 6.45) is -0.856. The van der Waals surface area contributed by atoms with E-state index in [1.165, 1.54) is 18.2 Å². The van der Waals surface area contributed by atoms with Crippen molar-refractivity contribution >= 4 is 11.9 Å². The number of hydrogen-bond donors (Lipinski definition) is 2. The molecule has 108 valence electrons. The lowest BCUT2D eigenvalue weighted by molar-refractivity contribution is -0.255. The fraction of sp³-hybridized carbons (Fsp3) is 0.125. The van der Waals surface area contributed by atoms with Gasteiger partial charge in [0.25, 0.3) is 5.91 Å². The quantitative estimate of drug-likeness (QED) is 0.837. The first kappa shape index (κ1) is 14.7. The summed E-state index contributed by atoms with van der Waals surface area (Å²) >= 11 is 0. The van der Waals surface area contributed by atoms with Crippen LogP contribution in [0.5, 0.6) is 0 Å². The highest BCUT2D eigenvalue weighted by atomic mass is 16.4. The molecule has 0 radical (unpaired) electrons. The van der Waals surface area contributed by atoms with Gasteiger partial charge >= 0.3 is 0 Å². The smallest absolute Gasteiger partial charge is 0.252 e. The summed E-state index contributed by atoms with van der Waals surface area (Å²) < 4.78 is 0. The first-order chi connectivity index (χ1) is 10.1. The molecule has 1 atom stereocenters. The van der Waals surface area contributed by atoms with Crippen LogP contribution in [0.4, 0.5) is 0 Å². The number of carbonyl (C=O) groups is 2. The average molecular weight is 284 g/mol. The highest BCUT2D eigenvalue weighted by molar-refractivity contribution is 6.04. The molecule has 0 saturated carbocycles. The molecule has 5 heteroatoms. The predicted octanol–water partition coefficient (Wildman–Crippen LogP) is 0.513. The van der Waals surface area contributed by atoms with E-state index in [0.717, 1.165) is 0 Å². The molecule has 0 spiro atoms. The van der Waals surface area contributed by atoms with Crippen molar-refractivity contribution in [3.05, 3.63) is 71.3 Å². The fourth-order valence-electron chi connectivity index (χ4n) is 1.94. The number of rotatable bonds is 5. The van der Waals surface area contributed by atoms with Gasteiger partial charge in [0.15, 0.2) is 0 Å². The van der Waals surface area contributed by atoms with Crippen molar-refractivity contribution in [3.8, 4) is 0 Å². The molecule has 0 bridgehead atoms. The molecule has 0 aliphatic carbocycles. The van der Waals surface area contributed by atoms with Gasteiger partial charge in [0.1, 0.15) is 0 Å². The summed E-state index contributed by atoms with van der Waals surface area (Å²) in [6.45, 7) is -0.00969. The Hall–Kier alpha value is -2.66.